The Bertz CT molecular complexity index is 695. The van der Waals surface area contributed by atoms with Crippen molar-refractivity contribution in [2.75, 3.05) is 12.4 Å². The zero-order valence-electron chi connectivity index (χ0n) is 13.7. The molecule has 5 heteroatoms. The van der Waals surface area contributed by atoms with Gasteiger partial charge in [-0.2, -0.15) is 0 Å². The third kappa shape index (κ3) is 5.81. The normalized spacial score (nSPS) is 11.9. The van der Waals surface area contributed by atoms with E-state index in [1.165, 1.54) is 11.6 Å². The number of hydrogen-bond donors (Lipinski definition) is 1. The Morgan fingerprint density at radius 3 is 2.54 bits per heavy atom. The molecule has 2 aromatic rings. The number of rotatable bonds is 9. The average Bonchev–Trinajstić information content (AvgIpc) is 2.59. The first-order valence-electron chi connectivity index (χ1n) is 7.97. The van der Waals surface area contributed by atoms with Crippen LogP contribution >= 0.6 is 0 Å². The predicted octanol–water partition coefficient (Wildman–Crippen LogP) is 3.67. The Labute approximate surface area is 144 Å². The molecule has 0 amide bonds. The molecule has 0 radical (unpaired) electrons. The molecule has 2 rings (SSSR count). The van der Waals surface area contributed by atoms with Gasteiger partial charge in [-0.3, -0.25) is 4.21 Å². The van der Waals surface area contributed by atoms with Gasteiger partial charge >= 0.3 is 5.97 Å². The average molecular weight is 346 g/mol. The molecule has 1 N–H and O–H groups in total. The molecule has 0 aliphatic heterocycles. The number of hydrogen-bond acceptors (Lipinski definition) is 3. The smallest absolute Gasteiger partial charge is 0.335 e. The number of ether oxygens (including phenoxy) is 1. The molecule has 0 spiro atoms. The van der Waals surface area contributed by atoms with Crippen molar-refractivity contribution in [3.63, 3.8) is 0 Å². The summed E-state index contributed by atoms with van der Waals surface area (Å²) in [4.78, 5) is 10.9. The van der Waals surface area contributed by atoms with E-state index in [-0.39, 0.29) is 5.56 Å². The second kappa shape index (κ2) is 9.23. The predicted molar refractivity (Wildman–Crippen MR) is 96.0 cm³/mol. The zero-order valence-corrected chi connectivity index (χ0v) is 14.6. The van der Waals surface area contributed by atoms with Crippen LogP contribution in [-0.4, -0.2) is 27.6 Å². The Morgan fingerprint density at radius 2 is 1.88 bits per heavy atom. The zero-order chi connectivity index (χ0) is 17.4. The highest BCUT2D eigenvalue weighted by molar-refractivity contribution is 7.84. The van der Waals surface area contributed by atoms with Crippen molar-refractivity contribution in [3.8, 4) is 5.75 Å². The number of carboxylic acid groups (broad SMARTS) is 1. The summed E-state index contributed by atoms with van der Waals surface area (Å²) in [6, 6.07) is 14.6. The topological polar surface area (TPSA) is 63.6 Å². The Morgan fingerprint density at radius 1 is 1.12 bits per heavy atom. The number of benzene rings is 2. The lowest BCUT2D eigenvalue weighted by molar-refractivity contribution is 0.0696. The summed E-state index contributed by atoms with van der Waals surface area (Å²) in [5.41, 5.74) is 2.28. The maximum Gasteiger partial charge on any atom is 0.335 e. The van der Waals surface area contributed by atoms with E-state index in [2.05, 4.69) is 6.92 Å². The fourth-order valence-corrected chi connectivity index (χ4v) is 3.42. The lowest BCUT2D eigenvalue weighted by Crippen LogP contribution is -2.07. The van der Waals surface area contributed by atoms with Crippen LogP contribution < -0.4 is 4.74 Å². The standard InChI is InChI=1S/C19H22O4S/c1-2-15-7-9-18(10-8-15)23-11-4-12-24(22)14-16-5-3-6-17(13-16)19(20)21/h3,5-10,13H,2,4,11-12,14H2,1H3,(H,20,21). The molecule has 0 saturated carbocycles. The molecule has 0 aliphatic rings. The lowest BCUT2D eigenvalue weighted by atomic mass is 10.1. The van der Waals surface area contributed by atoms with Crippen LogP contribution in [0.2, 0.25) is 0 Å². The third-order valence-corrected chi connectivity index (χ3v) is 5.02. The Kier molecular flexibility index (Phi) is 7.00. The summed E-state index contributed by atoms with van der Waals surface area (Å²) in [6.45, 7) is 2.63. The van der Waals surface area contributed by atoms with Gasteiger partial charge in [0, 0.05) is 22.3 Å². The van der Waals surface area contributed by atoms with E-state index in [1.54, 1.807) is 18.2 Å². The van der Waals surface area contributed by atoms with Gasteiger partial charge in [0.2, 0.25) is 0 Å². The molecular formula is C19H22O4S. The van der Waals surface area contributed by atoms with Crippen LogP contribution in [0.3, 0.4) is 0 Å². The first-order valence-corrected chi connectivity index (χ1v) is 9.46. The SMILES string of the molecule is CCc1ccc(OCCCS(=O)Cc2cccc(C(=O)O)c2)cc1. The lowest BCUT2D eigenvalue weighted by Gasteiger charge is -2.07. The second-order valence-corrected chi connectivity index (χ2v) is 7.07. The molecule has 1 unspecified atom stereocenters. The van der Waals surface area contributed by atoms with Crippen LogP contribution in [-0.2, 0) is 23.0 Å². The molecule has 0 saturated heterocycles. The highest BCUT2D eigenvalue weighted by Crippen LogP contribution is 2.13. The first kappa shape index (κ1) is 18.2. The van der Waals surface area contributed by atoms with Crippen LogP contribution in [0.5, 0.6) is 5.75 Å². The molecule has 128 valence electrons. The molecule has 2 aromatic carbocycles. The summed E-state index contributed by atoms with van der Waals surface area (Å²) in [6.07, 6.45) is 1.70. The molecule has 4 nitrogen and oxygen atoms in total. The number of aromatic carboxylic acids is 1. The molecule has 0 aliphatic carbocycles. The van der Waals surface area contributed by atoms with Gasteiger partial charge in [0.15, 0.2) is 0 Å². The van der Waals surface area contributed by atoms with Gasteiger partial charge in [-0.05, 0) is 48.2 Å². The van der Waals surface area contributed by atoms with Crippen molar-refractivity contribution in [2.45, 2.75) is 25.5 Å². The third-order valence-electron chi connectivity index (χ3n) is 3.62. The van der Waals surface area contributed by atoms with E-state index < -0.39 is 16.8 Å². The van der Waals surface area contributed by atoms with Gasteiger partial charge < -0.3 is 9.84 Å². The summed E-state index contributed by atoms with van der Waals surface area (Å²) in [5.74, 6) is 0.758. The van der Waals surface area contributed by atoms with Crippen molar-refractivity contribution < 1.29 is 18.8 Å². The molecule has 24 heavy (non-hydrogen) atoms. The molecule has 0 bridgehead atoms. The Hall–Kier alpha value is -2.14. The fraction of sp³-hybridized carbons (Fsp3) is 0.316. The van der Waals surface area contributed by atoms with Crippen LogP contribution in [0.1, 0.15) is 34.8 Å². The first-order chi connectivity index (χ1) is 11.6. The van der Waals surface area contributed by atoms with Crippen LogP contribution in [0.15, 0.2) is 48.5 Å². The number of carbonyl (C=O) groups is 1. The van der Waals surface area contributed by atoms with Crippen molar-refractivity contribution >= 4 is 16.8 Å². The molecule has 0 heterocycles. The largest absolute Gasteiger partial charge is 0.494 e. The summed E-state index contributed by atoms with van der Waals surface area (Å²) < 4.78 is 17.7. The van der Waals surface area contributed by atoms with E-state index in [0.29, 0.717) is 24.5 Å². The fourth-order valence-electron chi connectivity index (χ4n) is 2.28. The van der Waals surface area contributed by atoms with Gasteiger partial charge in [0.05, 0.1) is 12.2 Å². The summed E-state index contributed by atoms with van der Waals surface area (Å²) in [7, 11) is -1.03. The van der Waals surface area contributed by atoms with Crippen LogP contribution in [0.25, 0.3) is 0 Å². The number of aryl methyl sites for hydroxylation is 1. The van der Waals surface area contributed by atoms with Crippen LogP contribution in [0.4, 0.5) is 0 Å². The summed E-state index contributed by atoms with van der Waals surface area (Å²) in [5, 5.41) is 8.97. The van der Waals surface area contributed by atoms with Crippen molar-refractivity contribution in [1.82, 2.24) is 0 Å². The molecule has 0 aromatic heterocycles. The van der Waals surface area contributed by atoms with Crippen molar-refractivity contribution in [1.29, 1.82) is 0 Å². The quantitative estimate of drug-likeness (QED) is 0.704. The molecule has 1 atom stereocenters. The van der Waals surface area contributed by atoms with E-state index in [4.69, 9.17) is 9.84 Å². The monoisotopic (exact) mass is 346 g/mol. The van der Waals surface area contributed by atoms with Gasteiger partial charge in [0.25, 0.3) is 0 Å². The van der Waals surface area contributed by atoms with E-state index in [0.717, 1.165) is 17.7 Å². The minimum absolute atomic E-state index is 0.225. The van der Waals surface area contributed by atoms with Crippen molar-refractivity contribution in [2.24, 2.45) is 0 Å². The van der Waals surface area contributed by atoms with E-state index >= 15 is 0 Å². The maximum absolute atomic E-state index is 12.1. The van der Waals surface area contributed by atoms with E-state index in [1.807, 2.05) is 24.3 Å². The van der Waals surface area contributed by atoms with E-state index in [9.17, 15) is 9.00 Å². The minimum atomic E-state index is -1.03. The summed E-state index contributed by atoms with van der Waals surface area (Å²) >= 11 is 0. The highest BCUT2D eigenvalue weighted by atomic mass is 32.2. The highest BCUT2D eigenvalue weighted by Gasteiger charge is 2.06. The van der Waals surface area contributed by atoms with Gasteiger partial charge in [-0.1, -0.05) is 31.2 Å². The number of carboxylic acids is 1. The van der Waals surface area contributed by atoms with Gasteiger partial charge in [-0.25, -0.2) is 4.79 Å². The minimum Gasteiger partial charge on any atom is -0.494 e. The maximum atomic E-state index is 12.1. The Balaban J connectivity index is 1.73. The van der Waals surface area contributed by atoms with Crippen LogP contribution in [0, 0.1) is 0 Å². The molecule has 0 fully saturated rings. The molecular weight excluding hydrogens is 324 g/mol. The second-order valence-electron chi connectivity index (χ2n) is 5.49. The van der Waals surface area contributed by atoms with Crippen molar-refractivity contribution in [3.05, 3.63) is 65.2 Å². The van der Waals surface area contributed by atoms with Gasteiger partial charge in [-0.15, -0.1) is 0 Å². The van der Waals surface area contributed by atoms with Gasteiger partial charge in [0.1, 0.15) is 5.75 Å².